The lowest BCUT2D eigenvalue weighted by atomic mass is 9.78. The molecule has 1 aliphatic heterocycles. The fourth-order valence-electron chi connectivity index (χ4n) is 3.50. The van der Waals surface area contributed by atoms with Gasteiger partial charge >= 0.3 is 13.3 Å². The van der Waals surface area contributed by atoms with E-state index in [4.69, 9.17) is 15.0 Å². The number of carbonyl (C=O) groups is 2. The van der Waals surface area contributed by atoms with Crippen LogP contribution < -0.4 is 16.5 Å². The predicted molar refractivity (Wildman–Crippen MR) is 123 cm³/mol. The van der Waals surface area contributed by atoms with Crippen molar-refractivity contribution in [1.29, 1.82) is 0 Å². The van der Waals surface area contributed by atoms with Gasteiger partial charge in [-0.3, -0.25) is 9.59 Å². The maximum atomic E-state index is 12.7. The molecule has 1 aliphatic rings. The van der Waals surface area contributed by atoms with Gasteiger partial charge in [-0.1, -0.05) is 36.4 Å². The van der Waals surface area contributed by atoms with Crippen LogP contribution >= 0.6 is 0 Å². The molecule has 2 aromatic rings. The first-order valence-electron chi connectivity index (χ1n) is 11.0. The third kappa shape index (κ3) is 6.03. The zero-order chi connectivity index (χ0) is 26.2. The number of hydrogen-bond acceptors (Lipinski definition) is 5. The van der Waals surface area contributed by atoms with Gasteiger partial charge in [0.1, 0.15) is 6.04 Å². The summed E-state index contributed by atoms with van der Waals surface area (Å²) in [5, 5.41) is 12.6. The van der Waals surface area contributed by atoms with Gasteiger partial charge in [0, 0.05) is 6.42 Å². The summed E-state index contributed by atoms with van der Waals surface area (Å²) in [7, 11) is -0.556. The maximum absolute atomic E-state index is 12.7. The molecule has 7 nitrogen and oxygen atoms in total. The number of nitrogens with two attached hydrogens (primary N) is 1. The molecule has 188 valence electrons. The smallest absolute Gasteiger partial charge is 0.399 e. The van der Waals surface area contributed by atoms with Crippen LogP contribution in [0, 0.1) is 0 Å². The number of rotatable bonds is 7. The van der Waals surface area contributed by atoms with Gasteiger partial charge in [-0.15, -0.1) is 0 Å². The van der Waals surface area contributed by atoms with Crippen molar-refractivity contribution < 1.29 is 37.2 Å². The predicted octanol–water partition coefficient (Wildman–Crippen LogP) is 2.25. The number of aliphatic hydroxyl groups is 1. The Kier molecular flexibility index (Phi) is 7.36. The average molecular weight is 492 g/mol. The minimum Gasteiger partial charge on any atom is -0.399 e. The van der Waals surface area contributed by atoms with Gasteiger partial charge in [-0.2, -0.15) is 13.2 Å². The molecule has 2 amide bonds. The second-order valence-electron chi connectivity index (χ2n) is 9.52. The zero-order valence-electron chi connectivity index (χ0n) is 19.8. The Hall–Kier alpha value is -2.89. The van der Waals surface area contributed by atoms with E-state index in [9.17, 15) is 27.9 Å². The largest absolute Gasteiger partial charge is 0.494 e. The van der Waals surface area contributed by atoms with Gasteiger partial charge in [0.05, 0.1) is 16.8 Å². The van der Waals surface area contributed by atoms with Crippen molar-refractivity contribution in [2.75, 3.05) is 0 Å². The van der Waals surface area contributed by atoms with Crippen molar-refractivity contribution in [3.8, 4) is 0 Å². The number of carbonyl (C=O) groups excluding carboxylic acids is 2. The van der Waals surface area contributed by atoms with Gasteiger partial charge < -0.3 is 25.5 Å². The number of primary amides is 1. The molecule has 0 aromatic heterocycles. The molecule has 4 N–H and O–H groups in total. The van der Waals surface area contributed by atoms with Gasteiger partial charge in [0.2, 0.25) is 5.91 Å². The summed E-state index contributed by atoms with van der Waals surface area (Å²) in [5.74, 6) is -1.78. The van der Waals surface area contributed by atoms with Crippen LogP contribution in [0.4, 0.5) is 13.2 Å². The number of halogens is 3. The lowest BCUT2D eigenvalue weighted by Crippen LogP contribution is -2.47. The Morgan fingerprint density at radius 2 is 1.51 bits per heavy atom. The molecule has 0 unspecified atom stereocenters. The van der Waals surface area contributed by atoms with Gasteiger partial charge in [-0.05, 0) is 56.4 Å². The highest BCUT2D eigenvalue weighted by atomic mass is 19.4. The number of benzene rings is 2. The van der Waals surface area contributed by atoms with Crippen LogP contribution in [-0.2, 0) is 31.5 Å². The molecule has 0 aliphatic carbocycles. The van der Waals surface area contributed by atoms with E-state index in [-0.39, 0.29) is 12.0 Å². The number of amides is 2. The summed E-state index contributed by atoms with van der Waals surface area (Å²) in [6.07, 6.45) is -6.27. The van der Waals surface area contributed by atoms with Gasteiger partial charge in [-0.25, -0.2) is 0 Å². The normalized spacial score (nSPS) is 18.7. The van der Waals surface area contributed by atoms with E-state index in [0.29, 0.717) is 5.56 Å². The fourth-order valence-corrected chi connectivity index (χ4v) is 3.50. The van der Waals surface area contributed by atoms with Crippen molar-refractivity contribution in [3.05, 3.63) is 65.2 Å². The molecule has 0 bridgehead atoms. The first-order valence-corrected chi connectivity index (χ1v) is 11.0. The molecule has 0 radical (unpaired) electrons. The fraction of sp³-hybridized carbons (Fsp3) is 0.417. The summed E-state index contributed by atoms with van der Waals surface area (Å²) in [6, 6.07) is 9.44. The van der Waals surface area contributed by atoms with Crippen LogP contribution in [0.1, 0.15) is 50.5 Å². The Balaban J connectivity index is 1.65. The Morgan fingerprint density at radius 3 is 1.97 bits per heavy atom. The molecular formula is C24H28BF3N2O5. The average Bonchev–Trinajstić information content (AvgIpc) is 2.99. The molecule has 1 saturated heterocycles. The van der Waals surface area contributed by atoms with Crippen LogP contribution in [0.25, 0.3) is 0 Å². The van der Waals surface area contributed by atoms with E-state index in [2.05, 4.69) is 5.32 Å². The monoisotopic (exact) mass is 492 g/mol. The van der Waals surface area contributed by atoms with Crippen LogP contribution in [0.15, 0.2) is 48.5 Å². The number of alkyl halides is 3. The molecule has 11 heteroatoms. The van der Waals surface area contributed by atoms with Crippen LogP contribution in [-0.4, -0.2) is 41.3 Å². The van der Waals surface area contributed by atoms with E-state index in [1.54, 1.807) is 24.3 Å². The third-order valence-corrected chi connectivity index (χ3v) is 6.41. The molecule has 3 rings (SSSR count). The van der Waals surface area contributed by atoms with Crippen LogP contribution in [0.2, 0.25) is 0 Å². The second-order valence-corrected chi connectivity index (χ2v) is 9.52. The van der Waals surface area contributed by atoms with E-state index in [1.165, 1.54) is 0 Å². The SMILES string of the molecule is CC1(C)OB(c2ccc(C[C@H](NC(=O)[C@H](O)c3ccc(C(F)(F)F)cc3)C(N)=O)cc2)OC1(C)C. The third-order valence-electron chi connectivity index (χ3n) is 6.41. The standard InChI is InChI=1S/C24H28BF3N2O5/c1-22(2)23(3,4)35-25(34-22)17-11-5-14(6-12-17)13-18(20(29)32)30-21(33)19(31)15-7-9-16(10-8-15)24(26,27)28/h5-12,18-19,31H,13H2,1-4H3,(H2,29,32)(H,30,33)/t18-,19+/m0/s1. The molecule has 0 saturated carbocycles. The topological polar surface area (TPSA) is 111 Å². The maximum Gasteiger partial charge on any atom is 0.494 e. The molecule has 2 atom stereocenters. The summed E-state index contributed by atoms with van der Waals surface area (Å²) in [5.41, 5.74) is 4.94. The van der Waals surface area contributed by atoms with Gasteiger partial charge in [0.15, 0.2) is 6.10 Å². The molecule has 0 spiro atoms. The molecule has 1 fully saturated rings. The van der Waals surface area contributed by atoms with Crippen molar-refractivity contribution in [3.63, 3.8) is 0 Å². The first kappa shape index (κ1) is 26.7. The van der Waals surface area contributed by atoms with E-state index < -0.39 is 54.0 Å². The molecule has 1 heterocycles. The minimum absolute atomic E-state index is 0.0461. The highest BCUT2D eigenvalue weighted by Gasteiger charge is 2.51. The van der Waals surface area contributed by atoms with Crippen molar-refractivity contribution in [1.82, 2.24) is 5.32 Å². The zero-order valence-corrected chi connectivity index (χ0v) is 19.8. The number of hydrogen-bond donors (Lipinski definition) is 3. The highest BCUT2D eigenvalue weighted by molar-refractivity contribution is 6.62. The summed E-state index contributed by atoms with van der Waals surface area (Å²) < 4.78 is 50.2. The molecular weight excluding hydrogens is 464 g/mol. The van der Waals surface area contributed by atoms with Crippen molar-refractivity contribution in [2.45, 2.75) is 63.6 Å². The quantitative estimate of drug-likeness (QED) is 0.514. The number of nitrogens with one attached hydrogen (secondary N) is 1. The highest BCUT2D eigenvalue weighted by Crippen LogP contribution is 2.36. The summed E-state index contributed by atoms with van der Waals surface area (Å²) in [4.78, 5) is 24.4. The van der Waals surface area contributed by atoms with E-state index in [0.717, 1.165) is 29.7 Å². The molecule has 35 heavy (non-hydrogen) atoms. The lowest BCUT2D eigenvalue weighted by molar-refractivity contribution is -0.137. The van der Waals surface area contributed by atoms with Gasteiger partial charge in [0.25, 0.3) is 5.91 Å². The Labute approximate surface area is 201 Å². The van der Waals surface area contributed by atoms with E-state index >= 15 is 0 Å². The van der Waals surface area contributed by atoms with Crippen LogP contribution in [0.5, 0.6) is 0 Å². The first-order chi connectivity index (χ1) is 16.1. The Bertz CT molecular complexity index is 1060. The minimum atomic E-state index is -4.54. The molecule has 2 aromatic carbocycles. The Morgan fingerprint density at radius 1 is 1.00 bits per heavy atom. The second kappa shape index (κ2) is 9.64. The lowest BCUT2D eigenvalue weighted by Gasteiger charge is -2.32. The van der Waals surface area contributed by atoms with Crippen molar-refractivity contribution >= 4 is 24.4 Å². The van der Waals surface area contributed by atoms with Crippen LogP contribution in [0.3, 0.4) is 0 Å². The summed E-state index contributed by atoms with van der Waals surface area (Å²) >= 11 is 0. The summed E-state index contributed by atoms with van der Waals surface area (Å²) in [6.45, 7) is 7.78. The number of aliphatic hydroxyl groups excluding tert-OH is 1. The van der Waals surface area contributed by atoms with E-state index in [1.807, 2.05) is 27.7 Å². The van der Waals surface area contributed by atoms with Crippen molar-refractivity contribution in [2.24, 2.45) is 5.73 Å².